The quantitative estimate of drug-likeness (QED) is 0.371. The summed E-state index contributed by atoms with van der Waals surface area (Å²) in [5, 5.41) is 9.36. The van der Waals surface area contributed by atoms with Gasteiger partial charge in [-0.05, 0) is 71.3 Å². The number of halogens is 2. The molecule has 1 atom stereocenters. The summed E-state index contributed by atoms with van der Waals surface area (Å²) in [6.45, 7) is 3.59. The van der Waals surface area contributed by atoms with E-state index in [1.807, 2.05) is 19.3 Å². The van der Waals surface area contributed by atoms with Gasteiger partial charge in [0.05, 0.1) is 27.8 Å². The van der Waals surface area contributed by atoms with Crippen LogP contribution in [0.4, 0.5) is 10.1 Å². The summed E-state index contributed by atoms with van der Waals surface area (Å²) in [5.41, 5.74) is 12.8. The number of hydrogen-bond acceptors (Lipinski definition) is 5. The summed E-state index contributed by atoms with van der Waals surface area (Å²) in [6.07, 6.45) is 4.49. The summed E-state index contributed by atoms with van der Waals surface area (Å²) in [6, 6.07) is 10.8. The molecule has 0 amide bonds. The fourth-order valence-corrected chi connectivity index (χ4v) is 4.98. The molecule has 0 unspecified atom stereocenters. The molecule has 0 aliphatic carbocycles. The molecule has 0 bridgehead atoms. The molecule has 1 fully saturated rings. The van der Waals surface area contributed by atoms with E-state index in [4.69, 9.17) is 10.7 Å². The van der Waals surface area contributed by atoms with Crippen LogP contribution in [0.1, 0.15) is 17.5 Å². The Labute approximate surface area is 205 Å². The predicted molar refractivity (Wildman–Crippen MR) is 136 cm³/mol. The van der Waals surface area contributed by atoms with E-state index in [0.29, 0.717) is 6.54 Å². The second kappa shape index (κ2) is 8.39. The zero-order valence-corrected chi connectivity index (χ0v) is 20.5. The van der Waals surface area contributed by atoms with Crippen molar-refractivity contribution in [1.82, 2.24) is 14.5 Å². The Balaban J connectivity index is 1.78. The zero-order chi connectivity index (χ0) is 23.3. The average molecular weight is 552 g/mol. The van der Waals surface area contributed by atoms with Crippen LogP contribution in [0.15, 0.2) is 42.7 Å². The topological polar surface area (TPSA) is 83.8 Å². The minimum atomic E-state index is -0.532. The van der Waals surface area contributed by atoms with Gasteiger partial charge < -0.3 is 15.2 Å². The average Bonchev–Trinajstić information content (AvgIpc) is 3.39. The maximum atomic E-state index is 14.0. The van der Waals surface area contributed by atoms with Crippen molar-refractivity contribution >= 4 is 39.3 Å². The number of hydrogen-bond donors (Lipinski definition) is 1. The molecular weight excluding hydrogens is 530 g/mol. The number of nitrogens with two attached hydrogens (primary N) is 1. The molecule has 33 heavy (non-hydrogen) atoms. The number of rotatable bonds is 3. The number of fused-ring (bicyclic) bond motifs is 1. The van der Waals surface area contributed by atoms with Gasteiger partial charge in [-0.2, -0.15) is 5.26 Å². The highest BCUT2D eigenvalue weighted by Crippen LogP contribution is 2.41. The Kier molecular flexibility index (Phi) is 5.54. The van der Waals surface area contributed by atoms with Crippen molar-refractivity contribution in [1.29, 1.82) is 5.26 Å². The Morgan fingerprint density at radius 1 is 1.21 bits per heavy atom. The van der Waals surface area contributed by atoms with Gasteiger partial charge in [-0.25, -0.2) is 9.37 Å². The Morgan fingerprint density at radius 3 is 2.73 bits per heavy atom. The van der Waals surface area contributed by atoms with Crippen LogP contribution in [0, 0.1) is 27.6 Å². The van der Waals surface area contributed by atoms with Crippen molar-refractivity contribution in [3.05, 3.63) is 63.2 Å². The molecule has 2 aromatic carbocycles. The van der Waals surface area contributed by atoms with E-state index >= 15 is 0 Å². The monoisotopic (exact) mass is 552 g/mol. The van der Waals surface area contributed by atoms with Crippen molar-refractivity contribution in [3.8, 4) is 28.6 Å². The first-order valence-corrected chi connectivity index (χ1v) is 11.8. The molecular formula is C25H22FIN6. The van der Waals surface area contributed by atoms with Gasteiger partial charge in [-0.1, -0.05) is 6.07 Å². The highest BCUT2D eigenvalue weighted by molar-refractivity contribution is 14.1. The minimum absolute atomic E-state index is 0.00917. The van der Waals surface area contributed by atoms with Crippen LogP contribution in [0.2, 0.25) is 0 Å². The van der Waals surface area contributed by atoms with Crippen LogP contribution in [-0.2, 0) is 7.05 Å². The maximum absolute atomic E-state index is 14.0. The second-order valence-electron chi connectivity index (χ2n) is 8.42. The van der Waals surface area contributed by atoms with Gasteiger partial charge >= 0.3 is 0 Å². The van der Waals surface area contributed by atoms with Crippen LogP contribution < -0.4 is 10.6 Å². The lowest BCUT2D eigenvalue weighted by Gasteiger charge is -2.25. The van der Waals surface area contributed by atoms with Gasteiger partial charge in [-0.3, -0.25) is 4.98 Å². The fourth-order valence-electron chi connectivity index (χ4n) is 4.55. The van der Waals surface area contributed by atoms with E-state index < -0.39 is 5.82 Å². The van der Waals surface area contributed by atoms with E-state index in [1.54, 1.807) is 18.3 Å². The van der Waals surface area contributed by atoms with Gasteiger partial charge in [0.25, 0.3) is 0 Å². The SMILES string of the molecule is Cc1c(I)ccc2c1nc(-c1cncc(-c3ccc(F)c(C#N)c3)c1N1CC[C@H](N)C1)n2C. The number of anilines is 1. The van der Waals surface area contributed by atoms with Gasteiger partial charge in [0, 0.05) is 47.7 Å². The summed E-state index contributed by atoms with van der Waals surface area (Å²) >= 11 is 2.33. The molecule has 0 saturated carbocycles. The Bertz CT molecular complexity index is 1440. The molecule has 2 N–H and O–H groups in total. The third-order valence-corrected chi connectivity index (χ3v) is 7.51. The van der Waals surface area contributed by atoms with Crippen molar-refractivity contribution < 1.29 is 4.39 Å². The Hall–Kier alpha value is -3.03. The number of benzene rings is 2. The summed E-state index contributed by atoms with van der Waals surface area (Å²) in [4.78, 5) is 11.8. The fraction of sp³-hybridized carbons (Fsp3) is 0.240. The highest BCUT2D eigenvalue weighted by Gasteiger charge is 2.27. The molecule has 3 heterocycles. The Morgan fingerprint density at radius 2 is 2.00 bits per heavy atom. The number of imidazole rings is 1. The molecule has 1 aliphatic heterocycles. The molecule has 0 spiro atoms. The lowest BCUT2D eigenvalue weighted by atomic mass is 9.99. The van der Waals surface area contributed by atoms with E-state index in [2.05, 4.69) is 56.1 Å². The maximum Gasteiger partial charge on any atom is 0.144 e. The minimum Gasteiger partial charge on any atom is -0.369 e. The number of aromatic nitrogens is 3. The summed E-state index contributed by atoms with van der Waals surface area (Å²) in [7, 11) is 2.01. The molecule has 4 aromatic rings. The van der Waals surface area contributed by atoms with E-state index in [1.165, 1.54) is 6.07 Å². The molecule has 166 valence electrons. The number of nitrogens with zero attached hydrogens (tertiary/aromatic N) is 5. The van der Waals surface area contributed by atoms with Crippen LogP contribution in [0.5, 0.6) is 0 Å². The molecule has 0 radical (unpaired) electrons. The second-order valence-corrected chi connectivity index (χ2v) is 9.58. The number of pyridine rings is 1. The largest absolute Gasteiger partial charge is 0.369 e. The zero-order valence-electron chi connectivity index (χ0n) is 18.3. The predicted octanol–water partition coefficient (Wildman–Crippen LogP) is 4.76. The summed E-state index contributed by atoms with van der Waals surface area (Å²) in [5.74, 6) is 0.276. The van der Waals surface area contributed by atoms with E-state index in [9.17, 15) is 9.65 Å². The van der Waals surface area contributed by atoms with Crippen LogP contribution >= 0.6 is 22.6 Å². The lowest BCUT2D eigenvalue weighted by Crippen LogP contribution is -2.27. The third-order valence-electron chi connectivity index (χ3n) is 6.34. The van der Waals surface area contributed by atoms with Crippen LogP contribution in [0.3, 0.4) is 0 Å². The molecule has 2 aromatic heterocycles. The standard InChI is InChI=1S/C25H22FIN6/c1-14-21(27)5-6-22-23(14)31-25(32(22)2)19-12-30-11-18(24(19)33-8-7-17(29)13-33)15-3-4-20(26)16(9-15)10-28/h3-6,9,11-12,17H,7-8,13,29H2,1-2H3/t17-/m0/s1. The molecule has 1 aliphatic rings. The third kappa shape index (κ3) is 3.65. The van der Waals surface area contributed by atoms with E-state index in [-0.39, 0.29) is 11.6 Å². The van der Waals surface area contributed by atoms with Gasteiger partial charge in [0.1, 0.15) is 17.7 Å². The smallest absolute Gasteiger partial charge is 0.144 e. The van der Waals surface area contributed by atoms with Crippen molar-refractivity contribution in [2.24, 2.45) is 12.8 Å². The van der Waals surface area contributed by atoms with Crippen LogP contribution in [0.25, 0.3) is 33.5 Å². The molecule has 6 nitrogen and oxygen atoms in total. The van der Waals surface area contributed by atoms with Gasteiger partial charge in [-0.15, -0.1) is 0 Å². The van der Waals surface area contributed by atoms with Crippen molar-refractivity contribution in [2.75, 3.05) is 18.0 Å². The number of aryl methyl sites for hydroxylation is 2. The van der Waals surface area contributed by atoms with Crippen molar-refractivity contribution in [2.45, 2.75) is 19.4 Å². The van der Waals surface area contributed by atoms with Gasteiger partial charge in [0.2, 0.25) is 0 Å². The van der Waals surface area contributed by atoms with Gasteiger partial charge in [0.15, 0.2) is 0 Å². The lowest BCUT2D eigenvalue weighted by molar-refractivity contribution is 0.624. The van der Waals surface area contributed by atoms with Crippen LogP contribution in [-0.4, -0.2) is 33.7 Å². The highest BCUT2D eigenvalue weighted by atomic mass is 127. The molecule has 5 rings (SSSR count). The normalized spacial score (nSPS) is 15.9. The first-order valence-electron chi connectivity index (χ1n) is 10.7. The first-order chi connectivity index (χ1) is 15.9. The first kappa shape index (κ1) is 21.8. The van der Waals surface area contributed by atoms with E-state index in [0.717, 1.165) is 61.3 Å². The molecule has 1 saturated heterocycles. The summed E-state index contributed by atoms with van der Waals surface area (Å²) < 4.78 is 17.3. The van der Waals surface area contributed by atoms with Crippen molar-refractivity contribution in [3.63, 3.8) is 0 Å². The number of nitriles is 1. The molecule has 8 heteroatoms.